The normalized spacial score (nSPS) is 16.4. The maximum atomic E-state index is 12.7. The highest BCUT2D eigenvalue weighted by Gasteiger charge is 2.40. The zero-order valence-electron chi connectivity index (χ0n) is 12.7. The van der Waals surface area contributed by atoms with Crippen LogP contribution in [0.15, 0.2) is 48.2 Å². The molecule has 0 atom stereocenters. The lowest BCUT2D eigenvalue weighted by Gasteiger charge is -2.14. The Labute approximate surface area is 150 Å². The standard InChI is InChI=1S/C17H11BCl2N2O2/c1-21-15(6-10-2-4-11(18)5-3-10)16(23)22(17(21)24)14-8-12(19)7-13(20)9-14/h2-9H,1H3/b15-6+. The third kappa shape index (κ3) is 3.05. The number of hydrogen-bond acceptors (Lipinski definition) is 2. The molecule has 2 radical (unpaired) electrons. The molecule has 0 N–H and O–H groups in total. The van der Waals surface area contributed by atoms with Gasteiger partial charge in [-0.15, -0.1) is 0 Å². The summed E-state index contributed by atoms with van der Waals surface area (Å²) in [7, 11) is 7.19. The van der Waals surface area contributed by atoms with Crippen LogP contribution < -0.4 is 10.4 Å². The number of carbonyl (C=O) groups is 2. The number of carbonyl (C=O) groups excluding carboxylic acids is 2. The fourth-order valence-electron chi connectivity index (χ4n) is 2.40. The number of benzene rings is 2. The fourth-order valence-corrected chi connectivity index (χ4v) is 2.92. The van der Waals surface area contributed by atoms with Crippen LogP contribution in [-0.4, -0.2) is 31.7 Å². The second-order valence-corrected chi connectivity index (χ2v) is 6.18. The predicted octanol–water partition coefficient (Wildman–Crippen LogP) is 3.23. The average molecular weight is 357 g/mol. The van der Waals surface area contributed by atoms with Gasteiger partial charge >= 0.3 is 6.03 Å². The minimum Gasteiger partial charge on any atom is -0.292 e. The summed E-state index contributed by atoms with van der Waals surface area (Å²) in [5.41, 5.74) is 1.96. The Kier molecular flexibility index (Phi) is 4.39. The van der Waals surface area contributed by atoms with E-state index in [1.807, 2.05) is 0 Å². The van der Waals surface area contributed by atoms with Crippen molar-refractivity contribution in [2.24, 2.45) is 0 Å². The number of urea groups is 1. The smallest absolute Gasteiger partial charge is 0.292 e. The van der Waals surface area contributed by atoms with Crippen molar-refractivity contribution in [3.8, 4) is 0 Å². The third-order valence-corrected chi connectivity index (χ3v) is 4.04. The zero-order chi connectivity index (χ0) is 17.4. The Balaban J connectivity index is 2.01. The lowest BCUT2D eigenvalue weighted by atomic mass is 9.95. The van der Waals surface area contributed by atoms with Gasteiger partial charge in [-0.3, -0.25) is 9.69 Å². The summed E-state index contributed by atoms with van der Waals surface area (Å²) in [5, 5.41) is 0.688. The van der Waals surface area contributed by atoms with E-state index in [1.165, 1.54) is 30.1 Å². The molecular formula is C17H11BCl2N2O2. The number of imide groups is 1. The van der Waals surface area contributed by atoms with Gasteiger partial charge in [-0.2, -0.15) is 0 Å². The van der Waals surface area contributed by atoms with Crippen LogP contribution >= 0.6 is 23.2 Å². The van der Waals surface area contributed by atoms with Crippen molar-refractivity contribution in [2.45, 2.75) is 0 Å². The van der Waals surface area contributed by atoms with E-state index in [1.54, 1.807) is 30.3 Å². The van der Waals surface area contributed by atoms with E-state index in [-0.39, 0.29) is 5.70 Å². The molecule has 0 saturated carbocycles. The molecule has 1 fully saturated rings. The van der Waals surface area contributed by atoms with Gasteiger partial charge in [0.15, 0.2) is 0 Å². The average Bonchev–Trinajstić information content (AvgIpc) is 2.72. The maximum absolute atomic E-state index is 12.7. The van der Waals surface area contributed by atoms with E-state index in [0.717, 1.165) is 10.5 Å². The highest BCUT2D eigenvalue weighted by Crippen LogP contribution is 2.31. The summed E-state index contributed by atoms with van der Waals surface area (Å²) in [5.74, 6) is -0.447. The molecule has 3 rings (SSSR count). The number of amides is 3. The second-order valence-electron chi connectivity index (χ2n) is 5.31. The molecule has 7 heteroatoms. The molecule has 1 saturated heterocycles. The Hall–Kier alpha value is -2.24. The molecular weight excluding hydrogens is 346 g/mol. The van der Waals surface area contributed by atoms with Crippen LogP contribution in [0.25, 0.3) is 6.08 Å². The Bertz CT molecular complexity index is 845. The van der Waals surface area contributed by atoms with Gasteiger partial charge in [0.25, 0.3) is 5.91 Å². The minimum absolute atomic E-state index is 0.251. The molecule has 2 aromatic rings. The minimum atomic E-state index is -0.472. The van der Waals surface area contributed by atoms with Gasteiger partial charge in [-0.05, 0) is 29.8 Å². The van der Waals surface area contributed by atoms with Crippen molar-refractivity contribution < 1.29 is 9.59 Å². The SMILES string of the molecule is [B]c1ccc(/C=C2\C(=O)N(c3cc(Cl)cc(Cl)c3)C(=O)N2C)cc1. The Morgan fingerprint density at radius 1 is 1.00 bits per heavy atom. The van der Waals surface area contributed by atoms with Crippen molar-refractivity contribution in [1.29, 1.82) is 0 Å². The van der Waals surface area contributed by atoms with Crippen molar-refractivity contribution >= 4 is 60.2 Å². The summed E-state index contributed by atoms with van der Waals surface area (Å²) in [4.78, 5) is 27.5. The van der Waals surface area contributed by atoms with Gasteiger partial charge in [0.1, 0.15) is 13.5 Å². The van der Waals surface area contributed by atoms with Gasteiger partial charge in [-0.25, -0.2) is 9.69 Å². The molecule has 0 unspecified atom stereocenters. The van der Waals surface area contributed by atoms with Crippen molar-refractivity contribution in [1.82, 2.24) is 4.90 Å². The van der Waals surface area contributed by atoms with Gasteiger partial charge in [0, 0.05) is 17.1 Å². The Morgan fingerprint density at radius 3 is 2.17 bits per heavy atom. The van der Waals surface area contributed by atoms with Crippen LogP contribution in [0.1, 0.15) is 5.56 Å². The molecule has 2 aromatic carbocycles. The van der Waals surface area contributed by atoms with Gasteiger partial charge < -0.3 is 0 Å². The number of rotatable bonds is 2. The molecule has 118 valence electrons. The molecule has 0 bridgehead atoms. The van der Waals surface area contributed by atoms with Crippen LogP contribution in [0.2, 0.25) is 10.0 Å². The molecule has 24 heavy (non-hydrogen) atoms. The summed E-state index contributed by atoms with van der Waals surface area (Å²) in [6.07, 6.45) is 1.63. The maximum Gasteiger partial charge on any atom is 0.336 e. The van der Waals surface area contributed by atoms with Crippen molar-refractivity contribution in [3.63, 3.8) is 0 Å². The van der Waals surface area contributed by atoms with Crippen LogP contribution in [-0.2, 0) is 4.79 Å². The fraction of sp³-hybridized carbons (Fsp3) is 0.0588. The summed E-state index contributed by atoms with van der Waals surface area (Å²) in [6, 6.07) is 11.1. The zero-order valence-corrected chi connectivity index (χ0v) is 14.2. The molecule has 0 aromatic heterocycles. The van der Waals surface area contributed by atoms with Crippen LogP contribution in [0.4, 0.5) is 10.5 Å². The second kappa shape index (κ2) is 6.34. The first-order valence-corrected chi connectivity index (χ1v) is 7.78. The quantitative estimate of drug-likeness (QED) is 0.471. The monoisotopic (exact) mass is 356 g/mol. The van der Waals surface area contributed by atoms with Crippen LogP contribution in [0.3, 0.4) is 0 Å². The summed E-state index contributed by atoms with van der Waals surface area (Å²) in [6.45, 7) is 0. The van der Waals surface area contributed by atoms with Crippen molar-refractivity contribution in [3.05, 3.63) is 63.8 Å². The number of nitrogens with zero attached hydrogens (tertiary/aromatic N) is 2. The molecule has 0 aliphatic carbocycles. The first-order valence-electron chi connectivity index (χ1n) is 7.02. The van der Waals surface area contributed by atoms with E-state index in [0.29, 0.717) is 21.2 Å². The first kappa shape index (κ1) is 16.6. The Morgan fingerprint density at radius 2 is 1.58 bits per heavy atom. The van der Waals surface area contributed by atoms with E-state index in [4.69, 9.17) is 31.0 Å². The van der Waals surface area contributed by atoms with E-state index in [2.05, 4.69) is 0 Å². The number of hydrogen-bond donors (Lipinski definition) is 0. The topological polar surface area (TPSA) is 40.6 Å². The van der Waals surface area contributed by atoms with Crippen LogP contribution in [0, 0.1) is 0 Å². The largest absolute Gasteiger partial charge is 0.336 e. The third-order valence-electron chi connectivity index (χ3n) is 3.61. The van der Waals surface area contributed by atoms with E-state index >= 15 is 0 Å². The van der Waals surface area contributed by atoms with Gasteiger partial charge in [0.2, 0.25) is 0 Å². The van der Waals surface area contributed by atoms with Crippen LogP contribution in [0.5, 0.6) is 0 Å². The number of halogens is 2. The molecule has 1 heterocycles. The lowest BCUT2D eigenvalue weighted by molar-refractivity contribution is -0.114. The predicted molar refractivity (Wildman–Crippen MR) is 96.9 cm³/mol. The summed E-state index contributed by atoms with van der Waals surface area (Å²) < 4.78 is 0. The molecule has 1 aliphatic rings. The highest BCUT2D eigenvalue weighted by atomic mass is 35.5. The molecule has 4 nitrogen and oxygen atoms in total. The van der Waals surface area contributed by atoms with Gasteiger partial charge in [-0.1, -0.05) is 52.9 Å². The van der Waals surface area contributed by atoms with E-state index in [9.17, 15) is 9.59 Å². The lowest BCUT2D eigenvalue weighted by Crippen LogP contribution is -2.31. The highest BCUT2D eigenvalue weighted by molar-refractivity contribution is 6.36. The van der Waals surface area contributed by atoms with Gasteiger partial charge in [0.05, 0.1) is 5.69 Å². The van der Waals surface area contributed by atoms with Crippen molar-refractivity contribution in [2.75, 3.05) is 11.9 Å². The molecule has 3 amide bonds. The van der Waals surface area contributed by atoms with E-state index < -0.39 is 11.9 Å². The number of anilines is 1. The summed E-state index contributed by atoms with van der Waals surface area (Å²) >= 11 is 11.9. The first-order chi connectivity index (χ1) is 11.4. The number of likely N-dealkylation sites (N-methyl/N-ethyl adjacent to an activating group) is 1. The molecule has 1 aliphatic heterocycles. The molecule has 0 spiro atoms.